The first-order chi connectivity index (χ1) is 12.6. The highest BCUT2D eigenvalue weighted by atomic mass is 16.6. The molecule has 0 spiro atoms. The summed E-state index contributed by atoms with van der Waals surface area (Å²) in [6, 6.07) is 13.6. The first-order valence-corrected chi connectivity index (χ1v) is 8.57. The predicted molar refractivity (Wildman–Crippen MR) is 101 cm³/mol. The number of benzene rings is 2. The molecule has 0 saturated heterocycles. The van der Waals surface area contributed by atoms with Gasteiger partial charge in [0, 0.05) is 13.1 Å². The van der Waals surface area contributed by atoms with E-state index in [2.05, 4.69) is 0 Å². The number of rotatable bonds is 5. The van der Waals surface area contributed by atoms with Gasteiger partial charge in [0.05, 0.1) is 13.2 Å². The molecule has 0 radical (unpaired) electrons. The normalized spacial score (nSPS) is 14.1. The van der Waals surface area contributed by atoms with E-state index < -0.39 is 0 Å². The summed E-state index contributed by atoms with van der Waals surface area (Å²) in [5, 5.41) is 0. The molecule has 1 aliphatic heterocycles. The third-order valence-electron chi connectivity index (χ3n) is 4.48. The molecule has 1 unspecified atom stereocenters. The molecule has 0 saturated carbocycles. The van der Waals surface area contributed by atoms with E-state index in [1.165, 1.54) is 0 Å². The monoisotopic (exact) mass is 353 g/mol. The highest BCUT2D eigenvalue weighted by Crippen LogP contribution is 2.40. The van der Waals surface area contributed by atoms with E-state index in [4.69, 9.17) is 14.2 Å². The first-order valence-electron chi connectivity index (χ1n) is 8.57. The molecule has 5 nitrogen and oxygen atoms in total. The quantitative estimate of drug-likeness (QED) is 0.769. The number of carbonyl (C=O) groups excluding carboxylic acids is 1. The molecular weight excluding hydrogens is 330 g/mol. The highest BCUT2D eigenvalue weighted by Gasteiger charge is 2.18. The van der Waals surface area contributed by atoms with Gasteiger partial charge in [0.15, 0.2) is 11.5 Å². The molecular formula is C21H23NO4. The van der Waals surface area contributed by atoms with Crippen LogP contribution < -0.4 is 14.2 Å². The summed E-state index contributed by atoms with van der Waals surface area (Å²) in [6.07, 6.45) is 3.32. The van der Waals surface area contributed by atoms with E-state index in [0.717, 1.165) is 11.1 Å². The van der Waals surface area contributed by atoms with Crippen LogP contribution in [-0.2, 0) is 4.79 Å². The SMILES string of the molecule is COc1cc(C=CC(=O)N(C)C(C)c2ccccc2)cc2c1OCCO2. The number of hydrogen-bond donors (Lipinski definition) is 0. The van der Waals surface area contributed by atoms with E-state index >= 15 is 0 Å². The fourth-order valence-electron chi connectivity index (χ4n) is 2.82. The van der Waals surface area contributed by atoms with E-state index in [-0.39, 0.29) is 11.9 Å². The van der Waals surface area contributed by atoms with Gasteiger partial charge in [0.1, 0.15) is 13.2 Å². The summed E-state index contributed by atoms with van der Waals surface area (Å²) in [7, 11) is 3.39. The van der Waals surface area contributed by atoms with Crippen molar-refractivity contribution in [3.8, 4) is 17.2 Å². The van der Waals surface area contributed by atoms with Crippen molar-refractivity contribution >= 4 is 12.0 Å². The Hall–Kier alpha value is -2.95. The second kappa shape index (κ2) is 7.95. The van der Waals surface area contributed by atoms with Crippen LogP contribution in [0.25, 0.3) is 6.08 Å². The van der Waals surface area contributed by atoms with E-state index in [9.17, 15) is 4.79 Å². The zero-order valence-corrected chi connectivity index (χ0v) is 15.3. The first kappa shape index (κ1) is 17.9. The Morgan fingerprint density at radius 1 is 1.19 bits per heavy atom. The molecule has 1 amide bonds. The van der Waals surface area contributed by atoms with Crippen LogP contribution >= 0.6 is 0 Å². The van der Waals surface area contributed by atoms with Crippen LogP contribution in [0.5, 0.6) is 17.2 Å². The van der Waals surface area contributed by atoms with Crippen LogP contribution in [0.1, 0.15) is 24.1 Å². The Labute approximate surface area is 153 Å². The van der Waals surface area contributed by atoms with Gasteiger partial charge in [-0.15, -0.1) is 0 Å². The number of hydrogen-bond acceptors (Lipinski definition) is 4. The van der Waals surface area contributed by atoms with Crippen molar-refractivity contribution in [2.45, 2.75) is 13.0 Å². The zero-order valence-electron chi connectivity index (χ0n) is 15.3. The molecule has 3 rings (SSSR count). The number of nitrogens with zero attached hydrogens (tertiary/aromatic N) is 1. The Morgan fingerprint density at radius 3 is 2.65 bits per heavy atom. The molecule has 2 aromatic carbocycles. The van der Waals surface area contributed by atoms with Crippen molar-refractivity contribution in [1.29, 1.82) is 0 Å². The summed E-state index contributed by atoms with van der Waals surface area (Å²) in [6.45, 7) is 3.01. The summed E-state index contributed by atoms with van der Waals surface area (Å²) in [5.74, 6) is 1.77. The maximum absolute atomic E-state index is 12.5. The van der Waals surface area contributed by atoms with Crippen molar-refractivity contribution in [2.75, 3.05) is 27.4 Å². The van der Waals surface area contributed by atoms with Crippen molar-refractivity contribution < 1.29 is 19.0 Å². The average Bonchev–Trinajstić information content (AvgIpc) is 2.70. The van der Waals surface area contributed by atoms with Gasteiger partial charge in [-0.2, -0.15) is 0 Å². The number of methoxy groups -OCH3 is 1. The van der Waals surface area contributed by atoms with Gasteiger partial charge in [-0.25, -0.2) is 0 Å². The lowest BCUT2D eigenvalue weighted by molar-refractivity contribution is -0.126. The Kier molecular flexibility index (Phi) is 5.46. The minimum absolute atomic E-state index is 0.0110. The fourth-order valence-corrected chi connectivity index (χ4v) is 2.82. The van der Waals surface area contributed by atoms with Crippen molar-refractivity contribution in [1.82, 2.24) is 4.90 Å². The predicted octanol–water partition coefficient (Wildman–Crippen LogP) is 3.70. The van der Waals surface area contributed by atoms with Crippen LogP contribution in [0.15, 0.2) is 48.5 Å². The van der Waals surface area contributed by atoms with Gasteiger partial charge in [-0.05, 0) is 36.3 Å². The second-order valence-corrected chi connectivity index (χ2v) is 6.12. The van der Waals surface area contributed by atoms with Crippen LogP contribution in [0, 0.1) is 0 Å². The standard InChI is InChI=1S/C21H23NO4/c1-15(17-7-5-4-6-8-17)22(2)20(23)10-9-16-13-18(24-3)21-19(14-16)25-11-12-26-21/h4-10,13-15H,11-12H2,1-3H3. The number of fused-ring (bicyclic) bond motifs is 1. The van der Waals surface area contributed by atoms with Crippen LogP contribution in [-0.4, -0.2) is 38.2 Å². The van der Waals surface area contributed by atoms with Gasteiger partial charge < -0.3 is 19.1 Å². The van der Waals surface area contributed by atoms with E-state index in [1.807, 2.05) is 49.4 Å². The third kappa shape index (κ3) is 3.82. The molecule has 0 N–H and O–H groups in total. The molecule has 136 valence electrons. The molecule has 26 heavy (non-hydrogen) atoms. The number of ether oxygens (including phenoxy) is 3. The Morgan fingerprint density at radius 2 is 1.92 bits per heavy atom. The van der Waals surface area contributed by atoms with Gasteiger partial charge in [0.2, 0.25) is 11.7 Å². The molecule has 5 heteroatoms. The average molecular weight is 353 g/mol. The topological polar surface area (TPSA) is 48.0 Å². The maximum Gasteiger partial charge on any atom is 0.246 e. The van der Waals surface area contributed by atoms with Crippen molar-refractivity contribution in [3.63, 3.8) is 0 Å². The molecule has 2 aromatic rings. The number of likely N-dealkylation sites (N-methyl/N-ethyl adjacent to an activating group) is 1. The van der Waals surface area contributed by atoms with Gasteiger partial charge in [-0.3, -0.25) is 4.79 Å². The lowest BCUT2D eigenvalue weighted by Gasteiger charge is -2.24. The van der Waals surface area contributed by atoms with Gasteiger partial charge >= 0.3 is 0 Å². The molecule has 0 fully saturated rings. The third-order valence-corrected chi connectivity index (χ3v) is 4.48. The van der Waals surface area contributed by atoms with E-state index in [1.54, 1.807) is 31.2 Å². The smallest absolute Gasteiger partial charge is 0.246 e. The Balaban J connectivity index is 1.75. The van der Waals surface area contributed by atoms with Gasteiger partial charge in [0.25, 0.3) is 0 Å². The summed E-state index contributed by atoms with van der Waals surface area (Å²) >= 11 is 0. The summed E-state index contributed by atoms with van der Waals surface area (Å²) in [4.78, 5) is 14.2. The Bertz CT molecular complexity index is 784. The summed E-state index contributed by atoms with van der Waals surface area (Å²) < 4.78 is 16.6. The fraction of sp³-hybridized carbons (Fsp3) is 0.286. The number of amides is 1. The van der Waals surface area contributed by atoms with Crippen molar-refractivity contribution in [2.24, 2.45) is 0 Å². The lowest BCUT2D eigenvalue weighted by Crippen LogP contribution is -2.27. The molecule has 0 bridgehead atoms. The highest BCUT2D eigenvalue weighted by molar-refractivity contribution is 5.92. The largest absolute Gasteiger partial charge is 0.493 e. The van der Waals surface area contributed by atoms with E-state index in [0.29, 0.717) is 30.5 Å². The summed E-state index contributed by atoms with van der Waals surface area (Å²) in [5.41, 5.74) is 1.91. The second-order valence-electron chi connectivity index (χ2n) is 6.12. The molecule has 1 heterocycles. The molecule has 0 aliphatic carbocycles. The zero-order chi connectivity index (χ0) is 18.5. The molecule has 1 atom stereocenters. The maximum atomic E-state index is 12.5. The molecule has 1 aliphatic rings. The number of carbonyl (C=O) groups is 1. The van der Waals surface area contributed by atoms with Crippen molar-refractivity contribution in [3.05, 3.63) is 59.7 Å². The van der Waals surface area contributed by atoms with Gasteiger partial charge in [-0.1, -0.05) is 30.3 Å². The lowest BCUT2D eigenvalue weighted by atomic mass is 10.1. The molecule has 0 aromatic heterocycles. The van der Waals surface area contributed by atoms with Crippen LogP contribution in [0.2, 0.25) is 0 Å². The van der Waals surface area contributed by atoms with Crippen LogP contribution in [0.4, 0.5) is 0 Å². The minimum Gasteiger partial charge on any atom is -0.493 e. The minimum atomic E-state index is -0.0739. The van der Waals surface area contributed by atoms with Crippen LogP contribution in [0.3, 0.4) is 0 Å².